The molecule has 0 spiro atoms. The zero-order valence-electron chi connectivity index (χ0n) is 8.49. The van der Waals surface area contributed by atoms with Crippen molar-refractivity contribution in [3.05, 3.63) is 23.8 Å². The molecule has 3 nitrogen and oxygen atoms in total. The van der Waals surface area contributed by atoms with Crippen molar-refractivity contribution in [1.82, 2.24) is 0 Å². The molecule has 1 aliphatic heterocycles. The molecule has 76 valence electrons. The highest BCUT2D eigenvalue weighted by Gasteiger charge is 2.19. The minimum Gasteiger partial charge on any atom is -0.491 e. The van der Waals surface area contributed by atoms with Gasteiger partial charge in [-0.05, 0) is 18.2 Å². The van der Waals surface area contributed by atoms with E-state index in [0.717, 1.165) is 11.3 Å². The fraction of sp³-hybridized carbons (Fsp3) is 0.250. The summed E-state index contributed by atoms with van der Waals surface area (Å²) in [6.07, 6.45) is 5.71. The van der Waals surface area contributed by atoms with Crippen LogP contribution in [0.15, 0.2) is 18.2 Å². The molecule has 0 aliphatic carbocycles. The second-order valence-electron chi connectivity index (χ2n) is 3.38. The second kappa shape index (κ2) is 3.66. The Labute approximate surface area is 88.6 Å². The minimum atomic E-state index is 0.0444. The Kier molecular flexibility index (Phi) is 2.34. The van der Waals surface area contributed by atoms with Gasteiger partial charge in [0.15, 0.2) is 0 Å². The molecule has 0 aromatic heterocycles. The van der Waals surface area contributed by atoms with Gasteiger partial charge in [0.25, 0.3) is 0 Å². The molecule has 2 rings (SSSR count). The first kappa shape index (κ1) is 9.60. The third-order valence-electron chi connectivity index (χ3n) is 2.43. The Morgan fingerprint density at radius 3 is 3.07 bits per heavy atom. The Hall–Kier alpha value is -1.95. The molecule has 1 heterocycles. The van der Waals surface area contributed by atoms with Gasteiger partial charge in [0.1, 0.15) is 5.75 Å². The molecule has 1 aromatic rings. The lowest BCUT2D eigenvalue weighted by Gasteiger charge is -2.16. The van der Waals surface area contributed by atoms with E-state index >= 15 is 0 Å². The van der Waals surface area contributed by atoms with Crippen LogP contribution in [0.25, 0.3) is 0 Å². The van der Waals surface area contributed by atoms with Gasteiger partial charge >= 0.3 is 0 Å². The van der Waals surface area contributed by atoms with Crippen LogP contribution in [0.1, 0.15) is 12.0 Å². The van der Waals surface area contributed by atoms with Crippen molar-refractivity contribution in [1.29, 1.82) is 0 Å². The zero-order chi connectivity index (χ0) is 10.8. The van der Waals surface area contributed by atoms with Gasteiger partial charge in [-0.25, -0.2) is 0 Å². The summed E-state index contributed by atoms with van der Waals surface area (Å²) in [4.78, 5) is 13.2. The first-order valence-corrected chi connectivity index (χ1v) is 4.72. The third-order valence-corrected chi connectivity index (χ3v) is 2.43. The maximum atomic E-state index is 11.6. The van der Waals surface area contributed by atoms with Gasteiger partial charge in [0.05, 0.1) is 18.7 Å². The predicted octanol–water partition coefficient (Wildman–Crippen LogP) is 1.41. The molecule has 1 amide bonds. The summed E-state index contributed by atoms with van der Waals surface area (Å²) in [6, 6.07) is 5.40. The van der Waals surface area contributed by atoms with E-state index in [-0.39, 0.29) is 5.91 Å². The van der Waals surface area contributed by atoms with Crippen molar-refractivity contribution in [3.63, 3.8) is 0 Å². The van der Waals surface area contributed by atoms with Crippen LogP contribution in [0.4, 0.5) is 5.69 Å². The summed E-state index contributed by atoms with van der Waals surface area (Å²) >= 11 is 0. The van der Waals surface area contributed by atoms with E-state index in [1.165, 1.54) is 0 Å². The Morgan fingerprint density at radius 1 is 1.53 bits per heavy atom. The monoisotopic (exact) mass is 201 g/mol. The molecule has 0 N–H and O–H groups in total. The van der Waals surface area contributed by atoms with Crippen molar-refractivity contribution >= 4 is 11.6 Å². The standard InChI is InChI=1S/C12H11NO2/c1-3-9-4-5-11-10(8-9)13(2)12(14)6-7-15-11/h1,4-5,8H,6-7H2,2H3. The van der Waals surface area contributed by atoms with Crippen LogP contribution in [0.5, 0.6) is 5.75 Å². The van der Waals surface area contributed by atoms with Gasteiger partial charge in [0.2, 0.25) is 5.91 Å². The van der Waals surface area contributed by atoms with E-state index in [4.69, 9.17) is 11.2 Å². The van der Waals surface area contributed by atoms with E-state index in [0.29, 0.717) is 18.8 Å². The van der Waals surface area contributed by atoms with Crippen molar-refractivity contribution in [3.8, 4) is 18.1 Å². The van der Waals surface area contributed by atoms with Crippen LogP contribution in [0, 0.1) is 12.3 Å². The van der Waals surface area contributed by atoms with Gasteiger partial charge in [-0.3, -0.25) is 4.79 Å². The van der Waals surface area contributed by atoms with Crippen molar-refractivity contribution in [2.45, 2.75) is 6.42 Å². The summed E-state index contributed by atoms with van der Waals surface area (Å²) in [5, 5.41) is 0. The highest BCUT2D eigenvalue weighted by Crippen LogP contribution is 2.31. The van der Waals surface area contributed by atoms with Gasteiger partial charge in [-0.2, -0.15) is 0 Å². The van der Waals surface area contributed by atoms with Crippen molar-refractivity contribution in [2.24, 2.45) is 0 Å². The molecule has 0 saturated heterocycles. The second-order valence-corrected chi connectivity index (χ2v) is 3.38. The summed E-state index contributed by atoms with van der Waals surface area (Å²) in [7, 11) is 1.73. The third kappa shape index (κ3) is 1.66. The Bertz CT molecular complexity index is 445. The normalized spacial score (nSPS) is 14.9. The molecule has 0 unspecified atom stereocenters. The topological polar surface area (TPSA) is 29.5 Å². The van der Waals surface area contributed by atoms with Gasteiger partial charge in [-0.15, -0.1) is 6.42 Å². The Morgan fingerprint density at radius 2 is 2.33 bits per heavy atom. The quantitative estimate of drug-likeness (QED) is 0.594. The highest BCUT2D eigenvalue weighted by atomic mass is 16.5. The van der Waals surface area contributed by atoms with Gasteiger partial charge < -0.3 is 9.64 Å². The van der Waals surface area contributed by atoms with Crippen LogP contribution in [-0.2, 0) is 4.79 Å². The number of carbonyl (C=O) groups is 1. The molecule has 3 heteroatoms. The number of amides is 1. The average molecular weight is 201 g/mol. The van der Waals surface area contributed by atoms with Crippen LogP contribution in [0.3, 0.4) is 0 Å². The van der Waals surface area contributed by atoms with Gasteiger partial charge in [0, 0.05) is 12.6 Å². The van der Waals surface area contributed by atoms with E-state index in [1.54, 1.807) is 24.1 Å². The zero-order valence-corrected chi connectivity index (χ0v) is 8.49. The first-order valence-electron chi connectivity index (χ1n) is 4.72. The average Bonchev–Trinajstić information content (AvgIpc) is 2.40. The first-order chi connectivity index (χ1) is 7.22. The van der Waals surface area contributed by atoms with E-state index in [2.05, 4.69) is 5.92 Å². The maximum Gasteiger partial charge on any atom is 0.230 e. The molecule has 1 aliphatic rings. The smallest absolute Gasteiger partial charge is 0.230 e. The number of terminal acetylenes is 1. The fourth-order valence-electron chi connectivity index (χ4n) is 1.54. The summed E-state index contributed by atoms with van der Waals surface area (Å²) in [6.45, 7) is 0.422. The number of anilines is 1. The number of fused-ring (bicyclic) bond motifs is 1. The molecule has 0 bridgehead atoms. The molecule has 0 saturated carbocycles. The van der Waals surface area contributed by atoms with E-state index in [1.807, 2.05) is 6.07 Å². The van der Waals surface area contributed by atoms with E-state index < -0.39 is 0 Å². The number of hydrogen-bond acceptors (Lipinski definition) is 2. The van der Waals surface area contributed by atoms with Gasteiger partial charge in [-0.1, -0.05) is 5.92 Å². The van der Waals surface area contributed by atoms with Crippen LogP contribution >= 0.6 is 0 Å². The number of benzene rings is 1. The highest BCUT2D eigenvalue weighted by molar-refractivity contribution is 5.95. The molecule has 0 fully saturated rings. The number of hydrogen-bond donors (Lipinski definition) is 0. The largest absolute Gasteiger partial charge is 0.491 e. The summed E-state index contributed by atoms with van der Waals surface area (Å²) < 4.78 is 5.46. The molecular weight excluding hydrogens is 190 g/mol. The van der Waals surface area contributed by atoms with Crippen LogP contribution < -0.4 is 9.64 Å². The van der Waals surface area contributed by atoms with Crippen LogP contribution in [0.2, 0.25) is 0 Å². The summed E-state index contributed by atoms with van der Waals surface area (Å²) in [5.41, 5.74) is 1.49. The molecule has 0 radical (unpaired) electrons. The fourth-order valence-corrected chi connectivity index (χ4v) is 1.54. The number of nitrogens with zero attached hydrogens (tertiary/aromatic N) is 1. The molecule has 0 atom stereocenters. The predicted molar refractivity (Wildman–Crippen MR) is 57.9 cm³/mol. The maximum absolute atomic E-state index is 11.6. The minimum absolute atomic E-state index is 0.0444. The van der Waals surface area contributed by atoms with Crippen LogP contribution in [-0.4, -0.2) is 19.6 Å². The SMILES string of the molecule is C#Cc1ccc2c(c1)N(C)C(=O)CCO2. The van der Waals surface area contributed by atoms with Crippen molar-refractivity contribution < 1.29 is 9.53 Å². The Balaban J connectivity index is 2.51. The van der Waals surface area contributed by atoms with E-state index in [9.17, 15) is 4.79 Å². The molecular formula is C12H11NO2. The lowest BCUT2D eigenvalue weighted by atomic mass is 10.2. The summed E-state index contributed by atoms with van der Waals surface area (Å²) in [5.74, 6) is 3.29. The molecule has 1 aromatic carbocycles. The lowest BCUT2D eigenvalue weighted by molar-refractivity contribution is -0.118. The van der Waals surface area contributed by atoms with Crippen molar-refractivity contribution in [2.75, 3.05) is 18.6 Å². The molecule has 15 heavy (non-hydrogen) atoms. The lowest BCUT2D eigenvalue weighted by Crippen LogP contribution is -2.25. The number of rotatable bonds is 0. The number of carbonyl (C=O) groups excluding carboxylic acids is 1. The number of ether oxygens (including phenoxy) is 1.